The molecule has 2 aromatic rings. The van der Waals surface area contributed by atoms with Gasteiger partial charge in [-0.2, -0.15) is 0 Å². The highest BCUT2D eigenvalue weighted by Gasteiger charge is 2.22. The van der Waals surface area contributed by atoms with Crippen LogP contribution in [0.2, 0.25) is 0 Å². The Morgan fingerprint density at radius 3 is 2.78 bits per heavy atom. The summed E-state index contributed by atoms with van der Waals surface area (Å²) in [7, 11) is 3.77. The standard InChI is InChI=1S/C21H29N5O/c1-16-19(13-23-21(24-16)25(2)3)20(27)22-11-9-18-10-12-26(15-18)14-17-7-5-4-6-8-17/h4-8,13,18H,9-12,14-15H2,1-3H3,(H,22,27). The van der Waals surface area contributed by atoms with Gasteiger partial charge in [-0.1, -0.05) is 30.3 Å². The molecular weight excluding hydrogens is 338 g/mol. The molecule has 1 atom stereocenters. The number of aromatic nitrogens is 2. The van der Waals surface area contributed by atoms with E-state index in [-0.39, 0.29) is 5.91 Å². The van der Waals surface area contributed by atoms with Crippen LogP contribution in [0.1, 0.15) is 34.5 Å². The van der Waals surface area contributed by atoms with Gasteiger partial charge in [0.15, 0.2) is 0 Å². The first kappa shape index (κ1) is 19.3. The summed E-state index contributed by atoms with van der Waals surface area (Å²) in [5.41, 5.74) is 2.63. The van der Waals surface area contributed by atoms with Crippen LogP contribution in [0.5, 0.6) is 0 Å². The molecule has 27 heavy (non-hydrogen) atoms. The molecule has 1 aromatic heterocycles. The maximum Gasteiger partial charge on any atom is 0.254 e. The van der Waals surface area contributed by atoms with Crippen molar-refractivity contribution in [3.63, 3.8) is 0 Å². The lowest BCUT2D eigenvalue weighted by Gasteiger charge is -2.16. The minimum atomic E-state index is -0.0862. The van der Waals surface area contributed by atoms with Gasteiger partial charge in [0, 0.05) is 39.9 Å². The van der Waals surface area contributed by atoms with E-state index in [2.05, 4.69) is 50.5 Å². The van der Waals surface area contributed by atoms with Crippen LogP contribution in [0.15, 0.2) is 36.5 Å². The molecule has 1 aromatic carbocycles. The zero-order chi connectivity index (χ0) is 19.2. The molecule has 2 heterocycles. The molecule has 1 unspecified atom stereocenters. The van der Waals surface area contributed by atoms with Crippen LogP contribution in [0, 0.1) is 12.8 Å². The highest BCUT2D eigenvalue weighted by atomic mass is 16.1. The lowest BCUT2D eigenvalue weighted by molar-refractivity contribution is 0.0950. The second-order valence-corrected chi connectivity index (χ2v) is 7.48. The van der Waals surface area contributed by atoms with Crippen molar-refractivity contribution < 1.29 is 4.79 Å². The maximum absolute atomic E-state index is 12.4. The minimum absolute atomic E-state index is 0.0862. The number of carbonyl (C=O) groups is 1. The number of hydrogen-bond donors (Lipinski definition) is 1. The van der Waals surface area contributed by atoms with E-state index in [0.717, 1.165) is 26.1 Å². The third-order valence-corrected chi connectivity index (χ3v) is 5.07. The van der Waals surface area contributed by atoms with Crippen molar-refractivity contribution >= 4 is 11.9 Å². The molecule has 1 aliphatic rings. The van der Waals surface area contributed by atoms with E-state index in [4.69, 9.17) is 0 Å². The number of rotatable bonds is 7. The van der Waals surface area contributed by atoms with Gasteiger partial charge in [-0.05, 0) is 37.8 Å². The average molecular weight is 367 g/mol. The van der Waals surface area contributed by atoms with Crippen LogP contribution in [0.25, 0.3) is 0 Å². The first-order chi connectivity index (χ1) is 13.0. The van der Waals surface area contributed by atoms with Crippen molar-refractivity contribution in [2.24, 2.45) is 5.92 Å². The predicted molar refractivity (Wildman–Crippen MR) is 108 cm³/mol. The predicted octanol–water partition coefficient (Wildman–Crippen LogP) is 2.49. The van der Waals surface area contributed by atoms with E-state index >= 15 is 0 Å². The summed E-state index contributed by atoms with van der Waals surface area (Å²) < 4.78 is 0. The zero-order valence-electron chi connectivity index (χ0n) is 16.5. The molecule has 0 bridgehead atoms. The van der Waals surface area contributed by atoms with Gasteiger partial charge in [0.2, 0.25) is 5.95 Å². The van der Waals surface area contributed by atoms with Crippen molar-refractivity contribution in [2.75, 3.05) is 38.6 Å². The van der Waals surface area contributed by atoms with E-state index in [9.17, 15) is 4.79 Å². The Labute approximate surface area is 161 Å². The Bertz CT molecular complexity index is 762. The lowest BCUT2D eigenvalue weighted by atomic mass is 10.1. The van der Waals surface area contributed by atoms with Crippen LogP contribution >= 0.6 is 0 Å². The van der Waals surface area contributed by atoms with E-state index in [0.29, 0.717) is 29.7 Å². The van der Waals surface area contributed by atoms with Crippen molar-refractivity contribution in [2.45, 2.75) is 26.3 Å². The molecule has 0 radical (unpaired) electrons. The largest absolute Gasteiger partial charge is 0.352 e. The van der Waals surface area contributed by atoms with Gasteiger partial charge in [0.05, 0.1) is 11.3 Å². The van der Waals surface area contributed by atoms with Crippen molar-refractivity contribution in [3.05, 3.63) is 53.3 Å². The molecule has 0 spiro atoms. The molecule has 1 amide bonds. The van der Waals surface area contributed by atoms with Crippen LogP contribution in [-0.4, -0.2) is 54.5 Å². The molecule has 1 fully saturated rings. The van der Waals surface area contributed by atoms with Crippen LogP contribution in [-0.2, 0) is 6.54 Å². The number of likely N-dealkylation sites (tertiary alicyclic amines) is 1. The quantitative estimate of drug-likeness (QED) is 0.815. The first-order valence-corrected chi connectivity index (χ1v) is 9.58. The number of amides is 1. The maximum atomic E-state index is 12.4. The number of anilines is 1. The zero-order valence-corrected chi connectivity index (χ0v) is 16.5. The molecule has 3 rings (SSSR count). The summed E-state index contributed by atoms with van der Waals surface area (Å²) in [5, 5.41) is 3.03. The Kier molecular flexibility index (Phi) is 6.40. The number of nitrogens with zero attached hydrogens (tertiary/aromatic N) is 4. The monoisotopic (exact) mass is 367 g/mol. The molecular formula is C21H29N5O. The van der Waals surface area contributed by atoms with Gasteiger partial charge in [-0.15, -0.1) is 0 Å². The highest BCUT2D eigenvalue weighted by molar-refractivity contribution is 5.94. The summed E-state index contributed by atoms with van der Waals surface area (Å²) in [4.78, 5) is 25.4. The average Bonchev–Trinajstić information content (AvgIpc) is 3.09. The van der Waals surface area contributed by atoms with E-state index in [1.165, 1.54) is 12.0 Å². The molecule has 1 N–H and O–H groups in total. The van der Waals surface area contributed by atoms with Gasteiger partial charge in [-0.25, -0.2) is 9.97 Å². The normalized spacial score (nSPS) is 17.1. The fraction of sp³-hybridized carbons (Fsp3) is 0.476. The van der Waals surface area contributed by atoms with Crippen LogP contribution in [0.3, 0.4) is 0 Å². The van der Waals surface area contributed by atoms with E-state index in [1.54, 1.807) is 6.20 Å². The van der Waals surface area contributed by atoms with Gasteiger partial charge >= 0.3 is 0 Å². The van der Waals surface area contributed by atoms with Gasteiger partial charge in [-0.3, -0.25) is 9.69 Å². The number of aryl methyl sites for hydroxylation is 1. The molecule has 1 aliphatic heterocycles. The molecule has 144 valence electrons. The van der Waals surface area contributed by atoms with Crippen LogP contribution in [0.4, 0.5) is 5.95 Å². The van der Waals surface area contributed by atoms with Gasteiger partial charge < -0.3 is 10.2 Å². The van der Waals surface area contributed by atoms with Crippen molar-refractivity contribution in [1.29, 1.82) is 0 Å². The summed E-state index contributed by atoms with van der Waals surface area (Å²) in [6.07, 6.45) is 3.82. The number of carbonyl (C=O) groups excluding carboxylic acids is 1. The van der Waals surface area contributed by atoms with Crippen molar-refractivity contribution in [3.8, 4) is 0 Å². The summed E-state index contributed by atoms with van der Waals surface area (Å²) in [6, 6.07) is 10.6. The van der Waals surface area contributed by atoms with Crippen LogP contribution < -0.4 is 10.2 Å². The number of hydrogen-bond acceptors (Lipinski definition) is 5. The summed E-state index contributed by atoms with van der Waals surface area (Å²) in [6.45, 7) is 5.79. The fourth-order valence-corrected chi connectivity index (χ4v) is 3.51. The first-order valence-electron chi connectivity index (χ1n) is 9.58. The Balaban J connectivity index is 1.43. The number of benzene rings is 1. The fourth-order valence-electron chi connectivity index (χ4n) is 3.51. The van der Waals surface area contributed by atoms with E-state index in [1.807, 2.05) is 25.9 Å². The Morgan fingerprint density at radius 2 is 2.07 bits per heavy atom. The SMILES string of the molecule is Cc1nc(N(C)C)ncc1C(=O)NCCC1CCN(Cc2ccccc2)C1. The van der Waals surface area contributed by atoms with E-state index < -0.39 is 0 Å². The summed E-state index contributed by atoms with van der Waals surface area (Å²) in [5.74, 6) is 1.17. The second kappa shape index (κ2) is 8.95. The second-order valence-electron chi connectivity index (χ2n) is 7.48. The molecule has 0 saturated carbocycles. The summed E-state index contributed by atoms with van der Waals surface area (Å²) >= 11 is 0. The Morgan fingerprint density at radius 1 is 1.30 bits per heavy atom. The Hall–Kier alpha value is -2.47. The molecule has 6 nitrogen and oxygen atoms in total. The molecule has 1 saturated heterocycles. The molecule has 6 heteroatoms. The lowest BCUT2D eigenvalue weighted by Crippen LogP contribution is -2.28. The third kappa shape index (κ3) is 5.26. The highest BCUT2D eigenvalue weighted by Crippen LogP contribution is 2.21. The third-order valence-electron chi connectivity index (χ3n) is 5.07. The van der Waals surface area contributed by atoms with Gasteiger partial charge in [0.1, 0.15) is 0 Å². The molecule has 0 aliphatic carbocycles. The van der Waals surface area contributed by atoms with Gasteiger partial charge in [0.25, 0.3) is 5.91 Å². The minimum Gasteiger partial charge on any atom is -0.352 e. The smallest absolute Gasteiger partial charge is 0.254 e. The van der Waals surface area contributed by atoms with Crippen molar-refractivity contribution in [1.82, 2.24) is 20.2 Å². The number of nitrogens with one attached hydrogen (secondary N) is 1. The topological polar surface area (TPSA) is 61.4 Å².